The molecule has 0 spiro atoms. The van der Waals surface area contributed by atoms with Gasteiger partial charge >= 0.3 is 0 Å². The number of allylic oxidation sites excluding steroid dienone is 1. The van der Waals surface area contributed by atoms with E-state index in [9.17, 15) is 0 Å². The molecule has 3 N–H and O–H groups in total. The Hall–Kier alpha value is -3.43. The highest BCUT2D eigenvalue weighted by molar-refractivity contribution is 6.10. The first kappa shape index (κ1) is 26.6. The maximum absolute atomic E-state index is 5.91. The number of hydrogen-bond donors (Lipinski definition) is 2. The van der Waals surface area contributed by atoms with Gasteiger partial charge in [-0.1, -0.05) is 13.8 Å². The monoisotopic (exact) mass is 502 g/mol. The highest BCUT2D eigenvalue weighted by Gasteiger charge is 2.28. The largest absolute Gasteiger partial charge is 0.404 e. The zero-order valence-corrected chi connectivity index (χ0v) is 22.3. The van der Waals surface area contributed by atoms with Gasteiger partial charge < -0.3 is 15.8 Å². The molecule has 0 unspecified atom stereocenters. The fraction of sp³-hybridized carbons (Fsp3) is 0.464. The first-order valence-corrected chi connectivity index (χ1v) is 13.1. The Morgan fingerprint density at radius 1 is 1.16 bits per heavy atom. The molecule has 0 saturated carbocycles. The number of nitrogens with two attached hydrogens (primary N) is 1. The smallest absolute Gasteiger partial charge is 0.154 e. The van der Waals surface area contributed by atoms with Gasteiger partial charge in [0, 0.05) is 48.9 Å². The van der Waals surface area contributed by atoms with Crippen LogP contribution in [0.15, 0.2) is 47.9 Å². The van der Waals surface area contributed by atoms with Gasteiger partial charge in [0.05, 0.1) is 36.5 Å². The van der Waals surface area contributed by atoms with E-state index in [0.29, 0.717) is 42.9 Å². The van der Waals surface area contributed by atoms with Crippen molar-refractivity contribution >= 4 is 34.5 Å². The summed E-state index contributed by atoms with van der Waals surface area (Å²) in [6.07, 6.45) is 9.39. The lowest BCUT2D eigenvalue weighted by atomic mass is 9.96. The molecule has 0 aliphatic carbocycles. The highest BCUT2D eigenvalue weighted by Crippen LogP contribution is 2.25. The van der Waals surface area contributed by atoms with Crippen LogP contribution in [-0.2, 0) is 4.74 Å². The van der Waals surface area contributed by atoms with E-state index in [0.717, 1.165) is 48.1 Å². The molecule has 9 nitrogen and oxygen atoms in total. The number of likely N-dealkylation sites (tertiary alicyclic amines) is 1. The summed E-state index contributed by atoms with van der Waals surface area (Å²) in [6, 6.07) is 8.42. The average Bonchev–Trinajstić information content (AvgIpc) is 2.87. The summed E-state index contributed by atoms with van der Waals surface area (Å²) in [4.78, 5) is 16.2. The third kappa shape index (κ3) is 6.87. The maximum Gasteiger partial charge on any atom is 0.154 e. The normalized spacial score (nSPS) is 15.2. The van der Waals surface area contributed by atoms with E-state index < -0.39 is 0 Å². The maximum atomic E-state index is 5.91. The molecule has 4 heterocycles. The quantitative estimate of drug-likeness (QED) is 0.274. The molecule has 4 rings (SSSR count). The second-order valence-electron chi connectivity index (χ2n) is 9.67. The van der Waals surface area contributed by atoms with Crippen LogP contribution in [0.4, 0.5) is 11.6 Å². The molecule has 9 heteroatoms. The van der Waals surface area contributed by atoms with Crippen molar-refractivity contribution < 1.29 is 4.74 Å². The van der Waals surface area contributed by atoms with Gasteiger partial charge in [0.15, 0.2) is 5.82 Å². The molecule has 3 aromatic rings. The molecular formula is C28H38N8O. The van der Waals surface area contributed by atoms with Crippen molar-refractivity contribution in [1.29, 1.82) is 0 Å². The zero-order valence-electron chi connectivity index (χ0n) is 22.3. The van der Waals surface area contributed by atoms with Crippen molar-refractivity contribution in [2.24, 2.45) is 10.7 Å². The number of hydrogen-bond acceptors (Lipinski definition) is 9. The highest BCUT2D eigenvalue weighted by atomic mass is 16.5. The molecule has 0 bridgehead atoms. The van der Waals surface area contributed by atoms with Gasteiger partial charge in [0.2, 0.25) is 0 Å². The molecular weight excluding hydrogens is 464 g/mol. The first-order chi connectivity index (χ1) is 18.0. The number of ether oxygens (including phenoxy) is 1. The average molecular weight is 503 g/mol. The molecule has 1 aliphatic rings. The molecule has 196 valence electrons. The number of aromatic nitrogens is 4. The minimum Gasteiger partial charge on any atom is -0.404 e. The molecule has 0 amide bonds. The summed E-state index contributed by atoms with van der Waals surface area (Å²) in [5, 5.41) is 11.7. The van der Waals surface area contributed by atoms with Crippen molar-refractivity contribution in [2.75, 3.05) is 31.6 Å². The van der Waals surface area contributed by atoms with Gasteiger partial charge in [0.1, 0.15) is 5.82 Å². The van der Waals surface area contributed by atoms with E-state index in [4.69, 9.17) is 15.5 Å². The van der Waals surface area contributed by atoms with E-state index >= 15 is 0 Å². The lowest BCUT2D eigenvalue weighted by molar-refractivity contribution is -0.0635. The summed E-state index contributed by atoms with van der Waals surface area (Å²) in [5.41, 5.74) is 10.3. The van der Waals surface area contributed by atoms with Crippen LogP contribution in [-0.4, -0.2) is 69.7 Å². The molecule has 0 aromatic carbocycles. The van der Waals surface area contributed by atoms with Crippen molar-refractivity contribution in [3.05, 3.63) is 54.0 Å². The number of fused-ring (bicyclic) bond motifs is 1. The summed E-state index contributed by atoms with van der Waals surface area (Å²) in [6.45, 7) is 12.0. The minimum absolute atomic E-state index is 0.314. The van der Waals surface area contributed by atoms with Crippen LogP contribution in [0.2, 0.25) is 0 Å². The Balaban J connectivity index is 1.39. The fourth-order valence-corrected chi connectivity index (χ4v) is 4.44. The molecule has 0 atom stereocenters. The van der Waals surface area contributed by atoms with Gasteiger partial charge in [-0.05, 0) is 62.4 Å². The van der Waals surface area contributed by atoms with Crippen LogP contribution in [0.1, 0.15) is 57.6 Å². The van der Waals surface area contributed by atoms with Crippen molar-refractivity contribution in [1.82, 2.24) is 25.1 Å². The van der Waals surface area contributed by atoms with Gasteiger partial charge in [-0.25, -0.2) is 4.98 Å². The number of pyridine rings is 2. The summed E-state index contributed by atoms with van der Waals surface area (Å²) < 4.78 is 5.89. The standard InChI is InChI=1S/C28H38N8O/c1-5-20(6-2)22-12-28(35-32-16-22)34-27-8-7-25-26(33-27)11-21(15-31-25)23(13-29)14-30-9-10-37-24-17-36(18-24)19(3)4/h7-8,11-16,19-20,24H,5-6,9-10,17-18,29H2,1-4H3,(H,33,34,35). The molecule has 1 saturated heterocycles. The number of anilines is 2. The van der Waals surface area contributed by atoms with Crippen molar-refractivity contribution in [3.8, 4) is 0 Å². The number of nitrogens with one attached hydrogen (secondary N) is 1. The van der Waals surface area contributed by atoms with Crippen LogP contribution in [0.3, 0.4) is 0 Å². The third-order valence-electron chi connectivity index (χ3n) is 6.85. The van der Waals surface area contributed by atoms with Gasteiger partial charge in [-0.15, -0.1) is 5.10 Å². The van der Waals surface area contributed by atoms with E-state index in [-0.39, 0.29) is 0 Å². The Bertz CT molecular complexity index is 1230. The molecule has 0 radical (unpaired) electrons. The minimum atomic E-state index is 0.314. The molecule has 3 aromatic heterocycles. The van der Waals surface area contributed by atoms with Crippen molar-refractivity contribution in [2.45, 2.75) is 58.6 Å². The molecule has 37 heavy (non-hydrogen) atoms. The van der Waals surface area contributed by atoms with Crippen LogP contribution < -0.4 is 11.1 Å². The van der Waals surface area contributed by atoms with Crippen molar-refractivity contribution in [3.63, 3.8) is 0 Å². The third-order valence-corrected chi connectivity index (χ3v) is 6.85. The SMILES string of the molecule is CCC(CC)c1cnnc(Nc2ccc3ncc(C(C=NCCOC4CN(C(C)C)C4)=CN)cc3n2)c1. The van der Waals surface area contributed by atoms with E-state index in [1.807, 2.05) is 30.5 Å². The number of aliphatic imine (C=N–C) groups is 1. The summed E-state index contributed by atoms with van der Waals surface area (Å²) >= 11 is 0. The Labute approximate surface area is 219 Å². The molecule has 1 aliphatic heterocycles. The van der Waals surface area contributed by atoms with Gasteiger partial charge in [-0.3, -0.25) is 14.9 Å². The topological polar surface area (TPSA) is 114 Å². The Morgan fingerprint density at radius 2 is 1.97 bits per heavy atom. The van der Waals surface area contributed by atoms with Gasteiger partial charge in [0.25, 0.3) is 0 Å². The van der Waals surface area contributed by atoms with Crippen LogP contribution in [0.25, 0.3) is 16.6 Å². The van der Waals surface area contributed by atoms with E-state index in [1.54, 1.807) is 18.6 Å². The van der Waals surface area contributed by atoms with Crippen LogP contribution in [0, 0.1) is 0 Å². The Morgan fingerprint density at radius 3 is 2.70 bits per heavy atom. The Kier molecular flexibility index (Phi) is 9.14. The predicted octanol–water partition coefficient (Wildman–Crippen LogP) is 4.55. The van der Waals surface area contributed by atoms with Gasteiger partial charge in [-0.2, -0.15) is 5.10 Å². The number of rotatable bonds is 12. The second kappa shape index (κ2) is 12.7. The fourth-order valence-electron chi connectivity index (χ4n) is 4.44. The summed E-state index contributed by atoms with van der Waals surface area (Å²) in [5.74, 6) is 1.82. The second-order valence-corrected chi connectivity index (χ2v) is 9.67. The lowest BCUT2D eigenvalue weighted by Crippen LogP contribution is -2.55. The lowest BCUT2D eigenvalue weighted by Gasteiger charge is -2.41. The number of nitrogens with zero attached hydrogens (tertiary/aromatic N) is 6. The first-order valence-electron chi connectivity index (χ1n) is 13.1. The van der Waals surface area contributed by atoms with E-state index in [2.05, 4.69) is 58.1 Å². The van der Waals surface area contributed by atoms with Crippen LogP contribution >= 0.6 is 0 Å². The molecule has 1 fully saturated rings. The predicted molar refractivity (Wildman–Crippen MR) is 150 cm³/mol. The summed E-state index contributed by atoms with van der Waals surface area (Å²) in [7, 11) is 0. The zero-order chi connectivity index (χ0) is 26.2. The van der Waals surface area contributed by atoms with Crippen LogP contribution in [0.5, 0.6) is 0 Å². The van der Waals surface area contributed by atoms with E-state index in [1.165, 1.54) is 5.56 Å².